The second-order valence-electron chi connectivity index (χ2n) is 24.6. The third-order valence-electron chi connectivity index (χ3n) is 18.6. The molecule has 464 valence electrons. The molecule has 0 saturated carbocycles. The predicted octanol–water partition coefficient (Wildman–Crippen LogP) is 24.1. The number of para-hydroxylation sites is 4. The number of aromatic nitrogens is 7. The van der Waals surface area contributed by atoms with Crippen LogP contribution in [0.5, 0.6) is 0 Å². The van der Waals surface area contributed by atoms with Gasteiger partial charge in [0.2, 0.25) is 0 Å². The molecule has 0 unspecified atom stereocenters. The normalized spacial score (nSPS) is 11.8. The van der Waals surface area contributed by atoms with Gasteiger partial charge in [-0.15, -0.1) is 0 Å². The molecule has 9 nitrogen and oxygen atoms in total. The Labute approximate surface area is 575 Å². The van der Waals surface area contributed by atoms with Crippen molar-refractivity contribution >= 4 is 166 Å². The number of nitrogens with zero attached hydrogens (tertiary/aromatic N) is 7. The van der Waals surface area contributed by atoms with Crippen molar-refractivity contribution in [2.45, 2.75) is 13.3 Å². The summed E-state index contributed by atoms with van der Waals surface area (Å²) < 4.78 is 14.6. The van der Waals surface area contributed by atoms with Crippen LogP contribution in [-0.2, 0) is 6.42 Å². The second-order valence-corrected chi connectivity index (χ2v) is 25.8. The van der Waals surface area contributed by atoms with Crippen LogP contribution in [0.15, 0.2) is 294 Å². The summed E-state index contributed by atoms with van der Waals surface area (Å²) in [6.45, 7) is 2.14. The molecular weight excluding hydrogens is 1270 g/mol. The molecule has 0 bridgehead atoms. The Bertz CT molecular complexity index is 6640. The van der Waals surface area contributed by atoms with E-state index >= 15 is 0 Å². The van der Waals surface area contributed by atoms with Crippen molar-refractivity contribution in [2.75, 3.05) is 0 Å². The number of aryl methyl sites for hydroxylation is 1. The Morgan fingerprint density at radius 3 is 1.53 bits per heavy atom. The topological polar surface area (TPSA) is 109 Å². The molecule has 1 aliphatic carbocycles. The van der Waals surface area contributed by atoms with Gasteiger partial charge in [-0.3, -0.25) is 4.57 Å². The summed E-state index contributed by atoms with van der Waals surface area (Å²) in [6, 6.07) is 93.5. The maximum atomic E-state index is 6.59. The van der Waals surface area contributed by atoms with Gasteiger partial charge in [0.15, 0.2) is 28.8 Å². The SMILES string of the molecule is Cc1ccc2ccc3ccccc3c2c1.Clc1ccc2c(c1)Cc1cc3ccccc3cc1-2.Clc1ccc2c3cc4ccccc4cc3n(-c3nc(-c4cccc5c4oc4ccccc45)nc4ncccc34)c2c1.Clc1nc(-c2cccc3c2oc2ccccc23)nc2ncccc12. The van der Waals surface area contributed by atoms with Gasteiger partial charge < -0.3 is 8.83 Å². The maximum Gasteiger partial charge on any atom is 0.167 e. The average molecular weight is 1320 g/mol. The minimum atomic E-state index is 0.385. The molecule has 0 spiro atoms. The van der Waals surface area contributed by atoms with Crippen molar-refractivity contribution in [1.29, 1.82) is 0 Å². The van der Waals surface area contributed by atoms with Gasteiger partial charge in [0.25, 0.3) is 0 Å². The van der Waals surface area contributed by atoms with Crippen LogP contribution in [0.25, 0.3) is 171 Å². The smallest absolute Gasteiger partial charge is 0.167 e. The molecule has 0 fully saturated rings. The molecule has 21 rings (SSSR count). The molecule has 7 heterocycles. The van der Waals surface area contributed by atoms with E-state index in [-0.39, 0.29) is 0 Å². The molecule has 12 heteroatoms. The second kappa shape index (κ2) is 24.1. The number of hydrogen-bond donors (Lipinski definition) is 0. The van der Waals surface area contributed by atoms with Crippen molar-refractivity contribution in [3.63, 3.8) is 0 Å². The fourth-order valence-corrected chi connectivity index (χ4v) is 14.6. The Hall–Kier alpha value is -11.9. The number of furan rings is 2. The minimum absolute atomic E-state index is 0.385. The quantitative estimate of drug-likeness (QED) is 0.127. The lowest BCUT2D eigenvalue weighted by Crippen LogP contribution is -2.03. The zero-order valence-electron chi connectivity index (χ0n) is 52.4. The van der Waals surface area contributed by atoms with Gasteiger partial charge in [-0.2, -0.15) is 0 Å². The van der Waals surface area contributed by atoms with Gasteiger partial charge >= 0.3 is 0 Å². The number of fused-ring (bicyclic) bond motifs is 19. The Morgan fingerprint density at radius 2 is 0.837 bits per heavy atom. The average Bonchev–Trinajstić information content (AvgIpc) is 1.57. The van der Waals surface area contributed by atoms with Gasteiger partial charge in [0, 0.05) is 54.8 Å². The number of halogens is 3. The van der Waals surface area contributed by atoms with E-state index in [1.54, 1.807) is 12.4 Å². The third-order valence-corrected chi connectivity index (χ3v) is 19.3. The van der Waals surface area contributed by atoms with Crippen molar-refractivity contribution in [1.82, 2.24) is 34.5 Å². The molecule has 0 saturated heterocycles. The molecule has 0 atom stereocenters. The van der Waals surface area contributed by atoms with Gasteiger partial charge in [-0.1, -0.05) is 222 Å². The molecule has 20 aromatic rings. The lowest BCUT2D eigenvalue weighted by atomic mass is 10.0. The Kier molecular flexibility index (Phi) is 14.4. The lowest BCUT2D eigenvalue weighted by molar-refractivity contribution is 0.669. The van der Waals surface area contributed by atoms with E-state index in [9.17, 15) is 0 Å². The lowest BCUT2D eigenvalue weighted by Gasteiger charge is -2.12. The van der Waals surface area contributed by atoms with Crippen LogP contribution in [0.4, 0.5) is 0 Å². The van der Waals surface area contributed by atoms with Crippen LogP contribution < -0.4 is 0 Å². The summed E-state index contributed by atoms with van der Waals surface area (Å²) in [5, 5.41) is 20.2. The molecular formula is C86H52Cl3N7O2. The molecule has 0 amide bonds. The molecule has 0 radical (unpaired) electrons. The van der Waals surface area contributed by atoms with E-state index in [0.717, 1.165) is 110 Å². The summed E-state index contributed by atoms with van der Waals surface area (Å²) in [6.07, 6.45) is 4.45. The largest absolute Gasteiger partial charge is 0.455 e. The van der Waals surface area contributed by atoms with E-state index in [2.05, 4.69) is 189 Å². The van der Waals surface area contributed by atoms with Crippen LogP contribution in [-0.4, -0.2) is 34.5 Å². The molecule has 98 heavy (non-hydrogen) atoms. The van der Waals surface area contributed by atoms with Gasteiger partial charge in [0.05, 0.1) is 32.9 Å². The van der Waals surface area contributed by atoms with Crippen molar-refractivity contribution in [2.24, 2.45) is 0 Å². The minimum Gasteiger partial charge on any atom is -0.455 e. The Morgan fingerprint density at radius 1 is 0.327 bits per heavy atom. The fraction of sp³-hybridized carbons (Fsp3) is 0.0233. The van der Waals surface area contributed by atoms with Crippen molar-refractivity contribution in [3.05, 3.63) is 317 Å². The summed E-state index contributed by atoms with van der Waals surface area (Å²) in [7, 11) is 0. The van der Waals surface area contributed by atoms with E-state index in [0.29, 0.717) is 33.1 Å². The zero-order valence-corrected chi connectivity index (χ0v) is 54.7. The van der Waals surface area contributed by atoms with Crippen LogP contribution >= 0.6 is 34.8 Å². The first kappa shape index (κ1) is 58.7. The summed E-state index contributed by atoms with van der Waals surface area (Å²) in [5.41, 5.74) is 14.8. The molecule has 7 aromatic heterocycles. The number of benzene rings is 13. The highest BCUT2D eigenvalue weighted by molar-refractivity contribution is 6.34. The highest BCUT2D eigenvalue weighted by atomic mass is 35.5. The standard InChI is InChI=1S/C35H19ClN4O.C19H10ClN3O.C17H11Cl.C15H12/c36-22-14-15-23-28-17-20-7-1-2-8-21(20)18-29(28)40(30(23)19-22)35-27-12-6-16-37-33(27)38-34(39-35)26-11-5-10-25-24-9-3-4-13-31(24)41-32(25)26;20-17-14-8-4-10-21-18(14)23-19(22-17)13-7-3-6-12-11-5-1-2-9-15(11)24-16(12)13;18-15-5-6-16-14(9-15)8-13-7-11-3-1-2-4-12(11)10-17(13)16;1-11-6-7-13-9-8-12-4-2-3-5-14(12)15(13)10-11/h1-19H;1-10H;1-7,9-10H,8H2;2-10H,1H3. The number of pyridine rings is 2. The highest BCUT2D eigenvalue weighted by Crippen LogP contribution is 2.43. The number of hydrogen-bond acceptors (Lipinski definition) is 8. The zero-order chi connectivity index (χ0) is 65.5. The van der Waals surface area contributed by atoms with Gasteiger partial charge in [-0.05, 0) is 170 Å². The first-order valence-corrected chi connectivity index (χ1v) is 33.4. The van der Waals surface area contributed by atoms with Crippen LogP contribution in [0.3, 0.4) is 0 Å². The third kappa shape index (κ3) is 10.3. The van der Waals surface area contributed by atoms with Crippen molar-refractivity contribution in [3.8, 4) is 39.7 Å². The number of rotatable bonds is 3. The predicted molar refractivity (Wildman–Crippen MR) is 405 cm³/mol. The van der Waals surface area contributed by atoms with E-state index in [1.807, 2.05) is 115 Å². The molecule has 1 aliphatic rings. The van der Waals surface area contributed by atoms with Crippen LogP contribution in [0, 0.1) is 6.92 Å². The molecule has 0 N–H and O–H groups in total. The fourth-order valence-electron chi connectivity index (χ4n) is 14.0. The maximum absolute atomic E-state index is 6.59. The van der Waals surface area contributed by atoms with Crippen LogP contribution in [0.2, 0.25) is 15.2 Å². The molecule has 0 aliphatic heterocycles. The summed E-state index contributed by atoms with van der Waals surface area (Å²) in [5.74, 6) is 1.80. The molecule has 13 aromatic carbocycles. The summed E-state index contributed by atoms with van der Waals surface area (Å²) in [4.78, 5) is 28.2. The van der Waals surface area contributed by atoms with Gasteiger partial charge in [0.1, 0.15) is 27.5 Å². The van der Waals surface area contributed by atoms with Gasteiger partial charge in [-0.25, -0.2) is 29.9 Å². The highest BCUT2D eigenvalue weighted by Gasteiger charge is 2.23. The van der Waals surface area contributed by atoms with Crippen molar-refractivity contribution < 1.29 is 8.83 Å². The first-order valence-electron chi connectivity index (χ1n) is 32.2. The van der Waals surface area contributed by atoms with E-state index < -0.39 is 0 Å². The Balaban J connectivity index is 0.000000103. The monoisotopic (exact) mass is 1320 g/mol. The first-order chi connectivity index (χ1) is 48.2. The van der Waals surface area contributed by atoms with Crippen LogP contribution in [0.1, 0.15) is 16.7 Å². The summed E-state index contributed by atoms with van der Waals surface area (Å²) >= 11 is 19.0. The van der Waals surface area contributed by atoms with E-state index in [4.69, 9.17) is 53.6 Å². The van der Waals surface area contributed by atoms with E-state index in [1.165, 1.54) is 65.5 Å².